The van der Waals surface area contributed by atoms with Crippen LogP contribution in [0.1, 0.15) is 5.56 Å². The van der Waals surface area contributed by atoms with E-state index in [0.717, 1.165) is 6.07 Å². The Morgan fingerprint density at radius 3 is 2.71 bits per heavy atom. The van der Waals surface area contributed by atoms with Gasteiger partial charge in [0, 0.05) is 0 Å². The predicted molar refractivity (Wildman–Crippen MR) is 44.3 cm³/mol. The van der Waals surface area contributed by atoms with Gasteiger partial charge in [0.25, 0.3) is 0 Å². The average molecular weight is 196 g/mol. The van der Waals surface area contributed by atoms with Gasteiger partial charge >= 0.3 is 5.69 Å². The van der Waals surface area contributed by atoms with Crippen molar-refractivity contribution < 1.29 is 14.1 Å². The number of hydrogen-bond donors (Lipinski definition) is 0. The van der Waals surface area contributed by atoms with Gasteiger partial charge in [-0.1, -0.05) is 0 Å². The fourth-order valence-electron chi connectivity index (χ4n) is 1.01. The quantitative estimate of drug-likeness (QED) is 0.531. The largest absolute Gasteiger partial charge is 0.489 e. The summed E-state index contributed by atoms with van der Waals surface area (Å²) in [6.07, 6.45) is 0. The summed E-state index contributed by atoms with van der Waals surface area (Å²) in [7, 11) is 1.18. The third-order valence-electron chi connectivity index (χ3n) is 1.56. The molecule has 1 rings (SSSR count). The number of hydrogen-bond acceptors (Lipinski definition) is 4. The molecule has 6 heteroatoms. The Hall–Kier alpha value is -2.16. The molecule has 0 unspecified atom stereocenters. The van der Waals surface area contributed by atoms with Gasteiger partial charge in [0.1, 0.15) is 17.4 Å². The van der Waals surface area contributed by atoms with Gasteiger partial charge in [-0.2, -0.15) is 5.26 Å². The van der Waals surface area contributed by atoms with Crippen LogP contribution in [0.5, 0.6) is 5.75 Å². The number of nitriles is 1. The van der Waals surface area contributed by atoms with Gasteiger partial charge in [-0.05, 0) is 6.07 Å². The molecule has 0 N–H and O–H groups in total. The number of nitrogens with zero attached hydrogens (tertiary/aromatic N) is 2. The first-order chi connectivity index (χ1) is 6.60. The average Bonchev–Trinajstić information content (AvgIpc) is 2.16. The van der Waals surface area contributed by atoms with E-state index in [-0.39, 0.29) is 11.3 Å². The second-order valence-corrected chi connectivity index (χ2v) is 2.37. The molecule has 0 aliphatic carbocycles. The Morgan fingerprint density at radius 2 is 2.29 bits per heavy atom. The Bertz CT molecular complexity index is 425. The molecule has 0 spiro atoms. The van der Waals surface area contributed by atoms with Gasteiger partial charge in [0.15, 0.2) is 0 Å². The van der Waals surface area contributed by atoms with Crippen molar-refractivity contribution in [1.82, 2.24) is 0 Å². The maximum Gasteiger partial charge on any atom is 0.315 e. The number of methoxy groups -OCH3 is 1. The van der Waals surface area contributed by atoms with Crippen molar-refractivity contribution >= 4 is 5.69 Å². The van der Waals surface area contributed by atoms with Gasteiger partial charge in [-0.3, -0.25) is 10.1 Å². The summed E-state index contributed by atoms with van der Waals surface area (Å²) in [6.45, 7) is 0. The second-order valence-electron chi connectivity index (χ2n) is 2.37. The summed E-state index contributed by atoms with van der Waals surface area (Å²) in [6, 6.07) is 3.20. The highest BCUT2D eigenvalue weighted by Gasteiger charge is 2.20. The van der Waals surface area contributed by atoms with Crippen molar-refractivity contribution in [2.45, 2.75) is 0 Å². The third-order valence-corrected chi connectivity index (χ3v) is 1.56. The predicted octanol–water partition coefficient (Wildman–Crippen LogP) is 1.61. The minimum atomic E-state index is -0.839. The molecular weight excluding hydrogens is 191 g/mol. The van der Waals surface area contributed by atoms with Gasteiger partial charge in [-0.15, -0.1) is 0 Å². The van der Waals surface area contributed by atoms with E-state index < -0.39 is 16.4 Å². The summed E-state index contributed by atoms with van der Waals surface area (Å²) in [4.78, 5) is 9.65. The topological polar surface area (TPSA) is 76.2 Å². The molecule has 0 radical (unpaired) electrons. The molecule has 72 valence electrons. The summed E-state index contributed by atoms with van der Waals surface area (Å²) < 4.78 is 17.4. The van der Waals surface area contributed by atoms with Crippen LogP contribution >= 0.6 is 0 Å². The summed E-state index contributed by atoms with van der Waals surface area (Å²) in [5.74, 6) is -1.06. The Morgan fingerprint density at radius 1 is 1.64 bits per heavy atom. The number of nitro benzene ring substituents is 1. The SMILES string of the molecule is COc1c(C#N)cc(F)cc1[N+](=O)[O-]. The number of ether oxygens (including phenoxy) is 1. The summed E-state index contributed by atoms with van der Waals surface area (Å²) >= 11 is 0. The van der Waals surface area contributed by atoms with E-state index in [1.165, 1.54) is 7.11 Å². The van der Waals surface area contributed by atoms with E-state index in [1.54, 1.807) is 6.07 Å². The molecule has 5 nitrogen and oxygen atoms in total. The molecule has 0 saturated heterocycles. The van der Waals surface area contributed by atoms with Crippen LogP contribution in [0.15, 0.2) is 12.1 Å². The molecule has 0 bridgehead atoms. The van der Waals surface area contributed by atoms with E-state index in [2.05, 4.69) is 4.74 Å². The van der Waals surface area contributed by atoms with Gasteiger partial charge in [0.05, 0.1) is 18.1 Å². The summed E-state index contributed by atoms with van der Waals surface area (Å²) in [5.41, 5.74) is -0.747. The first kappa shape index (κ1) is 9.92. The molecule has 0 saturated carbocycles. The zero-order valence-corrected chi connectivity index (χ0v) is 7.15. The lowest BCUT2D eigenvalue weighted by Crippen LogP contribution is -1.97. The molecule has 1 aromatic carbocycles. The lowest BCUT2D eigenvalue weighted by atomic mass is 10.2. The first-order valence-electron chi connectivity index (χ1n) is 3.52. The molecular formula is C8H5FN2O3. The van der Waals surface area contributed by atoms with Crippen LogP contribution in [0, 0.1) is 27.3 Å². The number of rotatable bonds is 2. The molecule has 1 aromatic rings. The third kappa shape index (κ3) is 1.61. The summed E-state index contributed by atoms with van der Waals surface area (Å²) in [5, 5.41) is 19.0. The Balaban J connectivity index is 3.49. The maximum atomic E-state index is 12.8. The highest BCUT2D eigenvalue weighted by Crippen LogP contribution is 2.31. The fraction of sp³-hybridized carbons (Fsp3) is 0.125. The smallest absolute Gasteiger partial charge is 0.315 e. The van der Waals surface area contributed by atoms with E-state index >= 15 is 0 Å². The van der Waals surface area contributed by atoms with Crippen LogP contribution in [0.25, 0.3) is 0 Å². The Labute approximate surface area is 78.5 Å². The van der Waals surface area contributed by atoms with E-state index in [0.29, 0.717) is 6.07 Å². The van der Waals surface area contributed by atoms with Crippen molar-refractivity contribution in [3.8, 4) is 11.8 Å². The zero-order chi connectivity index (χ0) is 10.7. The molecule has 0 heterocycles. The van der Waals surface area contributed by atoms with E-state index in [9.17, 15) is 14.5 Å². The monoisotopic (exact) mass is 196 g/mol. The van der Waals surface area contributed by atoms with Gasteiger partial charge in [0.2, 0.25) is 5.75 Å². The van der Waals surface area contributed by atoms with E-state index in [1.807, 2.05) is 0 Å². The van der Waals surface area contributed by atoms with Crippen molar-refractivity contribution in [2.75, 3.05) is 7.11 Å². The Kier molecular flexibility index (Phi) is 2.62. The van der Waals surface area contributed by atoms with E-state index in [4.69, 9.17) is 5.26 Å². The first-order valence-corrected chi connectivity index (χ1v) is 3.52. The molecule has 0 aliphatic heterocycles. The maximum absolute atomic E-state index is 12.8. The van der Waals surface area contributed by atoms with Crippen molar-refractivity contribution in [3.05, 3.63) is 33.6 Å². The minimum Gasteiger partial charge on any atom is -0.489 e. The van der Waals surface area contributed by atoms with Gasteiger partial charge in [-0.25, -0.2) is 4.39 Å². The number of benzene rings is 1. The zero-order valence-electron chi connectivity index (χ0n) is 7.15. The van der Waals surface area contributed by atoms with Crippen molar-refractivity contribution in [2.24, 2.45) is 0 Å². The highest BCUT2D eigenvalue weighted by molar-refractivity contribution is 5.56. The van der Waals surface area contributed by atoms with Crippen molar-refractivity contribution in [1.29, 1.82) is 5.26 Å². The molecule has 0 aliphatic rings. The molecule has 0 fully saturated rings. The normalized spacial score (nSPS) is 9.21. The number of nitro groups is 1. The van der Waals surface area contributed by atoms with Crippen LogP contribution in [-0.2, 0) is 0 Å². The van der Waals surface area contributed by atoms with Crippen LogP contribution in [0.2, 0.25) is 0 Å². The molecule has 0 aromatic heterocycles. The second kappa shape index (κ2) is 3.70. The van der Waals surface area contributed by atoms with Gasteiger partial charge < -0.3 is 4.74 Å². The standard InChI is InChI=1S/C8H5FN2O3/c1-14-8-5(4-10)2-6(9)3-7(8)11(12)13/h2-3H,1H3. The van der Waals surface area contributed by atoms with Crippen LogP contribution in [0.3, 0.4) is 0 Å². The van der Waals surface area contributed by atoms with Crippen LogP contribution in [0.4, 0.5) is 10.1 Å². The molecule has 0 amide bonds. The van der Waals surface area contributed by atoms with Crippen molar-refractivity contribution in [3.63, 3.8) is 0 Å². The number of halogens is 1. The molecule has 0 atom stereocenters. The lowest BCUT2D eigenvalue weighted by molar-refractivity contribution is -0.386. The highest BCUT2D eigenvalue weighted by atomic mass is 19.1. The van der Waals surface area contributed by atoms with Crippen LogP contribution in [-0.4, -0.2) is 12.0 Å². The fourth-order valence-corrected chi connectivity index (χ4v) is 1.01. The minimum absolute atomic E-state index is 0.195. The lowest BCUT2D eigenvalue weighted by Gasteiger charge is -2.02. The van der Waals surface area contributed by atoms with Crippen LogP contribution < -0.4 is 4.74 Å². The molecule has 14 heavy (non-hydrogen) atoms.